The van der Waals surface area contributed by atoms with E-state index in [9.17, 15) is 8.78 Å². The molecule has 0 bridgehead atoms. The van der Waals surface area contributed by atoms with E-state index in [0.717, 1.165) is 31.4 Å². The van der Waals surface area contributed by atoms with Crippen molar-refractivity contribution in [3.05, 3.63) is 51.0 Å². The largest absolute Gasteiger partial charge is 0.318 e. The van der Waals surface area contributed by atoms with Gasteiger partial charge in [0.2, 0.25) is 0 Å². The molecule has 1 aliphatic rings. The van der Waals surface area contributed by atoms with Gasteiger partial charge in [0.25, 0.3) is 0 Å². The van der Waals surface area contributed by atoms with Crippen molar-refractivity contribution in [2.75, 3.05) is 0 Å². The van der Waals surface area contributed by atoms with Crippen LogP contribution in [0.5, 0.6) is 0 Å². The number of aromatic nitrogens is 1. The predicted octanol–water partition coefficient (Wildman–Crippen LogP) is 3.35. The summed E-state index contributed by atoms with van der Waals surface area (Å²) in [7, 11) is 0. The molecule has 0 amide bonds. The lowest BCUT2D eigenvalue weighted by Crippen LogP contribution is -2.15. The van der Waals surface area contributed by atoms with Crippen molar-refractivity contribution >= 4 is 11.3 Å². The quantitative estimate of drug-likeness (QED) is 0.916. The van der Waals surface area contributed by atoms with E-state index in [1.165, 1.54) is 34.4 Å². The van der Waals surface area contributed by atoms with Gasteiger partial charge in [0.1, 0.15) is 16.6 Å². The van der Waals surface area contributed by atoms with Gasteiger partial charge in [0.05, 0.1) is 11.7 Å². The van der Waals surface area contributed by atoms with Gasteiger partial charge in [-0.1, -0.05) is 6.07 Å². The first kappa shape index (κ1) is 12.7. The molecule has 3 rings (SSSR count). The van der Waals surface area contributed by atoms with Crippen molar-refractivity contribution in [2.45, 2.75) is 31.7 Å². The smallest absolute Gasteiger partial charge is 0.131 e. The molecule has 0 saturated carbocycles. The number of nitrogens with zero attached hydrogens (tertiary/aromatic N) is 1. The Balaban J connectivity index is 1.99. The average molecular weight is 280 g/mol. The highest BCUT2D eigenvalue weighted by Gasteiger charge is 2.23. The molecule has 0 fully saturated rings. The average Bonchev–Trinajstić information content (AvgIpc) is 2.82. The molecule has 5 heteroatoms. The molecule has 2 N–H and O–H groups in total. The molecular formula is C14H14F2N2S. The van der Waals surface area contributed by atoms with Gasteiger partial charge in [0.15, 0.2) is 0 Å². The zero-order valence-corrected chi connectivity index (χ0v) is 11.1. The Bertz CT molecular complexity index is 566. The Labute approximate surface area is 114 Å². The van der Waals surface area contributed by atoms with E-state index in [-0.39, 0.29) is 5.56 Å². The third kappa shape index (κ3) is 2.28. The number of aryl methyl sites for hydroxylation is 2. The second-order valence-electron chi connectivity index (χ2n) is 4.74. The summed E-state index contributed by atoms with van der Waals surface area (Å²) in [4.78, 5) is 5.69. The number of nitrogens with two attached hydrogens (primary N) is 1. The van der Waals surface area contributed by atoms with Crippen molar-refractivity contribution in [3.8, 4) is 0 Å². The molecule has 0 saturated heterocycles. The predicted molar refractivity (Wildman–Crippen MR) is 71.1 cm³/mol. The van der Waals surface area contributed by atoms with Crippen LogP contribution >= 0.6 is 11.3 Å². The van der Waals surface area contributed by atoms with Gasteiger partial charge in [-0.25, -0.2) is 13.8 Å². The van der Waals surface area contributed by atoms with Gasteiger partial charge in [-0.15, -0.1) is 11.3 Å². The Kier molecular flexibility index (Phi) is 3.33. The Hall–Kier alpha value is -1.33. The molecule has 1 aliphatic carbocycles. The number of hydrogen-bond donors (Lipinski definition) is 1. The molecule has 2 nitrogen and oxygen atoms in total. The lowest BCUT2D eigenvalue weighted by atomic mass is 10.0. The van der Waals surface area contributed by atoms with E-state index in [2.05, 4.69) is 4.98 Å². The molecule has 0 radical (unpaired) electrons. The van der Waals surface area contributed by atoms with Gasteiger partial charge in [-0.2, -0.15) is 0 Å². The molecule has 1 heterocycles. The topological polar surface area (TPSA) is 38.9 Å². The van der Waals surface area contributed by atoms with Crippen LogP contribution in [-0.2, 0) is 12.8 Å². The van der Waals surface area contributed by atoms with Crippen LogP contribution in [0.2, 0.25) is 0 Å². The Morgan fingerprint density at radius 1 is 1.16 bits per heavy atom. The van der Waals surface area contributed by atoms with Gasteiger partial charge < -0.3 is 5.73 Å². The third-order valence-electron chi connectivity index (χ3n) is 3.44. The van der Waals surface area contributed by atoms with E-state index in [1.807, 2.05) is 0 Å². The zero-order valence-electron chi connectivity index (χ0n) is 10.3. The number of rotatable bonds is 2. The summed E-state index contributed by atoms with van der Waals surface area (Å²) in [5.74, 6) is -1.22. The number of hydrogen-bond acceptors (Lipinski definition) is 3. The molecule has 1 unspecified atom stereocenters. The van der Waals surface area contributed by atoms with Gasteiger partial charge in [0, 0.05) is 10.4 Å². The highest BCUT2D eigenvalue weighted by Crippen LogP contribution is 2.32. The number of halogens is 2. The monoisotopic (exact) mass is 280 g/mol. The van der Waals surface area contributed by atoms with Crippen LogP contribution in [0.1, 0.15) is 40.0 Å². The normalized spacial score (nSPS) is 16.2. The summed E-state index contributed by atoms with van der Waals surface area (Å²) in [5.41, 5.74) is 6.96. The summed E-state index contributed by atoms with van der Waals surface area (Å²) in [6.07, 6.45) is 4.22. The fourth-order valence-electron chi connectivity index (χ4n) is 2.44. The maximum atomic E-state index is 13.7. The van der Waals surface area contributed by atoms with Crippen LogP contribution in [0.15, 0.2) is 18.2 Å². The number of thiazole rings is 1. The van der Waals surface area contributed by atoms with E-state index < -0.39 is 17.7 Å². The summed E-state index contributed by atoms with van der Waals surface area (Å²) in [6.45, 7) is 0. The molecular weight excluding hydrogens is 266 g/mol. The summed E-state index contributed by atoms with van der Waals surface area (Å²) >= 11 is 1.49. The number of benzene rings is 1. The van der Waals surface area contributed by atoms with Crippen LogP contribution in [-0.4, -0.2) is 4.98 Å². The van der Waals surface area contributed by atoms with Crippen LogP contribution in [0.4, 0.5) is 8.78 Å². The van der Waals surface area contributed by atoms with Crippen LogP contribution < -0.4 is 5.73 Å². The van der Waals surface area contributed by atoms with E-state index in [0.29, 0.717) is 5.01 Å². The molecule has 0 aliphatic heterocycles. The minimum absolute atomic E-state index is 0.0893. The van der Waals surface area contributed by atoms with Gasteiger partial charge in [-0.05, 0) is 37.8 Å². The van der Waals surface area contributed by atoms with Crippen LogP contribution in [0.3, 0.4) is 0 Å². The second kappa shape index (κ2) is 4.98. The van der Waals surface area contributed by atoms with Gasteiger partial charge >= 0.3 is 0 Å². The van der Waals surface area contributed by atoms with E-state index in [4.69, 9.17) is 5.73 Å². The summed E-state index contributed by atoms with van der Waals surface area (Å²) in [5, 5.41) is 0.607. The minimum atomic E-state index is -0.822. The highest BCUT2D eigenvalue weighted by atomic mass is 32.1. The second-order valence-corrected chi connectivity index (χ2v) is 5.86. The first-order valence-electron chi connectivity index (χ1n) is 6.35. The van der Waals surface area contributed by atoms with E-state index in [1.54, 1.807) is 0 Å². The van der Waals surface area contributed by atoms with Crippen molar-refractivity contribution in [1.29, 1.82) is 0 Å². The first-order chi connectivity index (χ1) is 9.16. The minimum Gasteiger partial charge on any atom is -0.318 e. The van der Waals surface area contributed by atoms with E-state index >= 15 is 0 Å². The van der Waals surface area contributed by atoms with Crippen LogP contribution in [0, 0.1) is 11.6 Å². The maximum Gasteiger partial charge on any atom is 0.131 e. The lowest BCUT2D eigenvalue weighted by Gasteiger charge is -2.10. The van der Waals surface area contributed by atoms with Gasteiger partial charge in [-0.3, -0.25) is 0 Å². The van der Waals surface area contributed by atoms with Crippen molar-refractivity contribution in [2.24, 2.45) is 5.73 Å². The van der Waals surface area contributed by atoms with Crippen LogP contribution in [0.25, 0.3) is 0 Å². The first-order valence-corrected chi connectivity index (χ1v) is 7.16. The molecule has 19 heavy (non-hydrogen) atoms. The SMILES string of the molecule is NC(c1nc2c(s1)CCCC2)c1c(F)cccc1F. The molecule has 1 aromatic carbocycles. The molecule has 100 valence electrons. The van der Waals surface area contributed by atoms with Crippen molar-refractivity contribution < 1.29 is 8.78 Å². The van der Waals surface area contributed by atoms with Crippen molar-refractivity contribution in [3.63, 3.8) is 0 Å². The molecule has 0 spiro atoms. The summed E-state index contributed by atoms with van der Waals surface area (Å²) in [6, 6.07) is 2.97. The fraction of sp³-hybridized carbons (Fsp3) is 0.357. The third-order valence-corrected chi connectivity index (χ3v) is 4.68. The zero-order chi connectivity index (χ0) is 13.4. The maximum absolute atomic E-state index is 13.7. The molecule has 2 aromatic rings. The molecule has 1 atom stereocenters. The molecule has 1 aromatic heterocycles. The Morgan fingerprint density at radius 3 is 2.53 bits per heavy atom. The highest BCUT2D eigenvalue weighted by molar-refractivity contribution is 7.11. The fourth-order valence-corrected chi connectivity index (χ4v) is 3.60. The van der Waals surface area contributed by atoms with Crippen molar-refractivity contribution in [1.82, 2.24) is 4.98 Å². The Morgan fingerprint density at radius 2 is 1.84 bits per heavy atom. The number of fused-ring (bicyclic) bond motifs is 1. The lowest BCUT2D eigenvalue weighted by molar-refractivity contribution is 0.542. The summed E-state index contributed by atoms with van der Waals surface area (Å²) < 4.78 is 27.5. The standard InChI is InChI=1S/C14H14F2N2S/c15-8-4-3-5-9(16)12(8)13(17)14-18-10-6-1-2-7-11(10)19-14/h3-5,13H,1-2,6-7,17H2.